The first-order valence-corrected chi connectivity index (χ1v) is 14.0. The Morgan fingerprint density at radius 1 is 0.649 bits per heavy atom. The Morgan fingerprint density at radius 2 is 1.05 bits per heavy atom. The number of pyridine rings is 1. The molecular weight excluding hydrogens is 474 g/mol. The first-order valence-electron chi connectivity index (χ1n) is 14.0. The van der Waals surface area contributed by atoms with Crippen LogP contribution in [0.25, 0.3) is 0 Å². The number of ether oxygens (including phenoxy) is 4. The fraction of sp³-hybridized carbons (Fsp3) is 0.750. The number of methoxy groups -OCH3 is 1. The molecule has 0 aromatic carbocycles. The van der Waals surface area contributed by atoms with Crippen molar-refractivity contribution in [3.63, 3.8) is 0 Å². The Labute approximate surface area is 221 Å². The van der Waals surface area contributed by atoms with Crippen LogP contribution in [-0.4, -0.2) is 86.4 Å². The van der Waals surface area contributed by atoms with Crippen molar-refractivity contribution in [2.45, 2.75) is 77.3 Å². The van der Waals surface area contributed by atoms with Crippen LogP contribution in [0.15, 0.2) is 12.1 Å². The molecule has 1 aromatic rings. The number of carbonyl (C=O) groups is 2. The summed E-state index contributed by atoms with van der Waals surface area (Å²) in [7, 11) is 1.62. The molecule has 0 unspecified atom stereocenters. The molecule has 3 heterocycles. The van der Waals surface area contributed by atoms with E-state index in [0.29, 0.717) is 84.4 Å². The molecule has 0 spiro atoms. The van der Waals surface area contributed by atoms with Crippen LogP contribution in [-0.2, 0) is 36.9 Å². The zero-order chi connectivity index (χ0) is 26.1. The summed E-state index contributed by atoms with van der Waals surface area (Å²) in [4.78, 5) is 34.9. The van der Waals surface area contributed by atoms with Gasteiger partial charge in [0.1, 0.15) is 5.75 Å². The highest BCUT2D eigenvalue weighted by Gasteiger charge is 2.19. The Hall–Kier alpha value is -2.23. The predicted molar refractivity (Wildman–Crippen MR) is 140 cm³/mol. The molecule has 0 aliphatic carbocycles. The van der Waals surface area contributed by atoms with Gasteiger partial charge in [-0.1, -0.05) is 38.5 Å². The second-order valence-electron chi connectivity index (χ2n) is 9.79. The molecule has 2 aliphatic heterocycles. The van der Waals surface area contributed by atoms with Gasteiger partial charge in [-0.2, -0.15) is 0 Å². The number of rotatable bonds is 1. The van der Waals surface area contributed by atoms with Crippen molar-refractivity contribution in [1.82, 2.24) is 14.8 Å². The molecule has 208 valence electrons. The van der Waals surface area contributed by atoms with Crippen molar-refractivity contribution in [1.29, 1.82) is 0 Å². The molecule has 0 saturated carbocycles. The van der Waals surface area contributed by atoms with Gasteiger partial charge in [0, 0.05) is 38.1 Å². The molecule has 2 aliphatic rings. The third-order valence-electron chi connectivity index (χ3n) is 6.84. The van der Waals surface area contributed by atoms with Gasteiger partial charge in [0.2, 0.25) is 11.8 Å². The number of aromatic nitrogens is 1. The molecule has 0 N–H and O–H groups in total. The van der Waals surface area contributed by atoms with Crippen LogP contribution in [0.4, 0.5) is 0 Å². The molecule has 0 radical (unpaired) electrons. The van der Waals surface area contributed by atoms with E-state index in [4.69, 9.17) is 23.9 Å². The highest BCUT2D eigenvalue weighted by molar-refractivity contribution is 5.76. The summed E-state index contributed by atoms with van der Waals surface area (Å²) in [5, 5.41) is 0. The van der Waals surface area contributed by atoms with E-state index in [2.05, 4.69) is 0 Å². The number of amides is 2. The molecule has 0 saturated heterocycles. The van der Waals surface area contributed by atoms with E-state index in [1.165, 1.54) is 12.8 Å². The molecule has 4 bridgehead atoms. The standard InChI is InChI=1S/C28H45N3O6/c1-34-26-20-24-22-30-12-14-35-16-18-37-19-17-36-15-13-31(23-25(21-26)29-24)28(33)11-9-7-5-3-2-4-6-8-10-27(30)32/h20-21H,2-19,22-23H2,1H3. The minimum absolute atomic E-state index is 0.118. The maximum Gasteiger partial charge on any atom is 0.222 e. The van der Waals surface area contributed by atoms with Gasteiger partial charge in [-0.15, -0.1) is 0 Å². The molecular formula is C28H45N3O6. The summed E-state index contributed by atoms with van der Waals surface area (Å²) in [6.07, 6.45) is 9.62. The van der Waals surface area contributed by atoms with Gasteiger partial charge >= 0.3 is 0 Å². The average Bonchev–Trinajstić information content (AvgIpc) is 2.89. The van der Waals surface area contributed by atoms with Crippen LogP contribution < -0.4 is 4.74 Å². The number of carbonyl (C=O) groups excluding carboxylic acids is 2. The minimum atomic E-state index is 0.118. The van der Waals surface area contributed by atoms with E-state index in [-0.39, 0.29) is 11.8 Å². The molecule has 0 fully saturated rings. The lowest BCUT2D eigenvalue weighted by molar-refractivity contribution is -0.133. The molecule has 3 rings (SSSR count). The van der Waals surface area contributed by atoms with Gasteiger partial charge in [0.15, 0.2) is 0 Å². The highest BCUT2D eigenvalue weighted by Crippen LogP contribution is 2.19. The number of fused-ring (bicyclic) bond motifs is 2. The van der Waals surface area contributed by atoms with Gasteiger partial charge in [0.25, 0.3) is 0 Å². The van der Waals surface area contributed by atoms with Crippen molar-refractivity contribution in [3.05, 3.63) is 23.5 Å². The van der Waals surface area contributed by atoms with Gasteiger partial charge in [-0.3, -0.25) is 14.6 Å². The zero-order valence-electron chi connectivity index (χ0n) is 22.6. The maximum absolute atomic E-state index is 13.2. The van der Waals surface area contributed by atoms with E-state index in [0.717, 1.165) is 49.9 Å². The smallest absolute Gasteiger partial charge is 0.222 e. The molecule has 9 nitrogen and oxygen atoms in total. The van der Waals surface area contributed by atoms with Gasteiger partial charge in [-0.25, -0.2) is 0 Å². The lowest BCUT2D eigenvalue weighted by Crippen LogP contribution is -2.35. The predicted octanol–water partition coefficient (Wildman–Crippen LogP) is 3.73. The van der Waals surface area contributed by atoms with Crippen molar-refractivity contribution < 1.29 is 28.5 Å². The topological polar surface area (TPSA) is 90.4 Å². The fourth-order valence-electron chi connectivity index (χ4n) is 4.69. The van der Waals surface area contributed by atoms with Gasteiger partial charge < -0.3 is 28.7 Å². The number of hydrogen-bond donors (Lipinski definition) is 0. The first kappa shape index (κ1) is 29.3. The fourth-order valence-corrected chi connectivity index (χ4v) is 4.69. The monoisotopic (exact) mass is 519 g/mol. The van der Waals surface area contributed by atoms with Crippen molar-refractivity contribution >= 4 is 11.8 Å². The Kier molecular flexibility index (Phi) is 13.7. The van der Waals surface area contributed by atoms with E-state index in [1.807, 2.05) is 21.9 Å². The van der Waals surface area contributed by atoms with Crippen LogP contribution in [0.1, 0.15) is 75.6 Å². The number of nitrogens with zero attached hydrogens (tertiary/aromatic N) is 3. The minimum Gasteiger partial charge on any atom is -0.497 e. The average molecular weight is 520 g/mol. The summed E-state index contributed by atoms with van der Waals surface area (Å²) in [6.45, 7) is 4.47. The quantitative estimate of drug-likeness (QED) is 0.558. The van der Waals surface area contributed by atoms with E-state index < -0.39 is 0 Å². The second kappa shape index (κ2) is 17.3. The molecule has 1 aromatic heterocycles. The first-order chi connectivity index (χ1) is 18.2. The summed E-state index contributed by atoms with van der Waals surface area (Å²) < 4.78 is 22.6. The lowest BCUT2D eigenvalue weighted by atomic mass is 10.1. The van der Waals surface area contributed by atoms with Crippen molar-refractivity contribution in [3.8, 4) is 5.75 Å². The van der Waals surface area contributed by atoms with Crippen LogP contribution in [0.2, 0.25) is 0 Å². The molecule has 0 atom stereocenters. The normalized spacial score (nSPS) is 21.3. The summed E-state index contributed by atoms with van der Waals surface area (Å²) in [5.41, 5.74) is 1.49. The van der Waals surface area contributed by atoms with E-state index in [9.17, 15) is 9.59 Å². The van der Waals surface area contributed by atoms with Crippen LogP contribution >= 0.6 is 0 Å². The SMILES string of the molecule is COc1cc2nc(c1)CN1CCOCCOCCOCCN(C2)C(=O)CCCCCCCCCCC1=O. The van der Waals surface area contributed by atoms with Gasteiger partial charge in [-0.05, 0) is 12.8 Å². The van der Waals surface area contributed by atoms with Crippen molar-refractivity contribution in [2.75, 3.05) is 59.8 Å². The molecule has 37 heavy (non-hydrogen) atoms. The summed E-state index contributed by atoms with van der Waals surface area (Å²) in [5.74, 6) is 0.907. The van der Waals surface area contributed by atoms with E-state index in [1.54, 1.807) is 7.11 Å². The highest BCUT2D eigenvalue weighted by atomic mass is 16.5. The van der Waals surface area contributed by atoms with E-state index >= 15 is 0 Å². The Bertz CT molecular complexity index is 761. The zero-order valence-corrected chi connectivity index (χ0v) is 22.6. The van der Waals surface area contributed by atoms with Crippen LogP contribution in [0.5, 0.6) is 5.75 Å². The maximum atomic E-state index is 13.2. The molecule has 2 amide bonds. The van der Waals surface area contributed by atoms with Crippen LogP contribution in [0.3, 0.4) is 0 Å². The Balaban J connectivity index is 1.86. The Morgan fingerprint density at radius 3 is 1.49 bits per heavy atom. The van der Waals surface area contributed by atoms with Crippen LogP contribution in [0, 0.1) is 0 Å². The number of hydrogen-bond acceptors (Lipinski definition) is 7. The molecule has 9 heteroatoms. The second-order valence-corrected chi connectivity index (χ2v) is 9.79. The lowest BCUT2D eigenvalue weighted by Gasteiger charge is -2.25. The van der Waals surface area contributed by atoms with Gasteiger partial charge in [0.05, 0.1) is 71.2 Å². The van der Waals surface area contributed by atoms with Crippen molar-refractivity contribution in [2.24, 2.45) is 0 Å². The largest absolute Gasteiger partial charge is 0.497 e. The summed E-state index contributed by atoms with van der Waals surface area (Å²) in [6, 6.07) is 3.74. The third-order valence-corrected chi connectivity index (χ3v) is 6.84. The third kappa shape index (κ3) is 11.4. The summed E-state index contributed by atoms with van der Waals surface area (Å²) >= 11 is 0.